The lowest BCUT2D eigenvalue weighted by Crippen LogP contribution is -2.78. The Morgan fingerprint density at radius 1 is 0.400 bits per heavy atom. The van der Waals surface area contributed by atoms with Crippen LogP contribution >= 0.6 is 0 Å². The van der Waals surface area contributed by atoms with Crippen molar-refractivity contribution in [3.05, 3.63) is 194 Å². The Bertz CT molecular complexity index is 3170. The summed E-state index contributed by atoms with van der Waals surface area (Å²) >= 11 is 0. The molecule has 8 aromatic carbocycles. The highest BCUT2D eigenvalue weighted by Gasteiger charge is 2.53. The van der Waals surface area contributed by atoms with E-state index in [1.165, 1.54) is 98.4 Å². The van der Waals surface area contributed by atoms with Crippen molar-refractivity contribution in [2.45, 2.75) is 0 Å². The van der Waals surface area contributed by atoms with Crippen LogP contribution in [0.4, 0.5) is 17.1 Å². The minimum absolute atomic E-state index is 0.00664. The predicted molar refractivity (Wildman–Crippen MR) is 234 cm³/mol. The highest BCUT2D eigenvalue weighted by molar-refractivity contribution is 7.22. The summed E-state index contributed by atoms with van der Waals surface area (Å²) in [5.41, 5.74) is 14.2. The first-order valence-corrected chi connectivity index (χ1v) is 21.2. The maximum absolute atomic E-state index is 2.81. The van der Waals surface area contributed by atoms with Crippen LogP contribution in [-0.2, 0) is 0 Å². The van der Waals surface area contributed by atoms with Crippen LogP contribution in [0.2, 0.25) is 0 Å². The van der Waals surface area contributed by atoms with Crippen LogP contribution in [0.1, 0.15) is 0 Å². The van der Waals surface area contributed by atoms with Crippen LogP contribution < -0.4 is 42.2 Å². The van der Waals surface area contributed by atoms with Gasteiger partial charge in [-0.05, 0) is 68.1 Å². The molecule has 0 saturated carbocycles. The summed E-state index contributed by atoms with van der Waals surface area (Å²) in [5, 5.41) is 9.68. The van der Waals surface area contributed by atoms with E-state index in [1.807, 2.05) is 0 Å². The van der Waals surface area contributed by atoms with Gasteiger partial charge >= 0.3 is 0 Å². The Morgan fingerprint density at radius 3 is 1.71 bits per heavy atom. The third kappa shape index (κ3) is 3.53. The summed E-state index contributed by atoms with van der Waals surface area (Å²) in [5.74, 6) is 0. The van der Waals surface area contributed by atoms with Gasteiger partial charge in [0.25, 0.3) is 6.71 Å². The number of rotatable bonds is 4. The molecule has 0 unspecified atom stereocenters. The first kappa shape index (κ1) is 29.6. The SMILES string of the molecule is c1ccc(N2c3ccc4c5cccc6c5n5c4c3B(c3cccc(c3-5)[Si]6(c3ccccc3)c3ccccc3)c3c2c2ccccc2n3-c2ccccc2)cc1. The lowest BCUT2D eigenvalue weighted by molar-refractivity contribution is 1.15. The van der Waals surface area contributed by atoms with Crippen LogP contribution in [0.5, 0.6) is 0 Å². The molecule has 0 saturated heterocycles. The second kappa shape index (κ2) is 10.7. The maximum Gasteiger partial charge on any atom is 0.273 e. The number of fused-ring (bicyclic) bond motifs is 6. The van der Waals surface area contributed by atoms with E-state index in [0.29, 0.717) is 0 Å². The molecule has 2 aromatic heterocycles. The van der Waals surface area contributed by atoms with Gasteiger partial charge in [0, 0.05) is 44.5 Å². The number of aromatic nitrogens is 2. The zero-order valence-electron chi connectivity index (χ0n) is 29.9. The lowest BCUT2D eigenvalue weighted by atomic mass is 9.35. The van der Waals surface area contributed by atoms with E-state index in [4.69, 9.17) is 0 Å². The fourth-order valence-corrected chi connectivity index (χ4v) is 16.0. The number of anilines is 3. The molecule has 3 aliphatic rings. The standard InChI is InChI=1S/C50H32BN3Si/c1-5-17-33(18-6-1)52-42-32-31-38-37-26-15-29-43-46(37)54-47(38)45(42)51(50-48(52)39-25-13-14-28-41(39)53(50)34-19-7-2-8-20-34)40-27-16-30-44(49(40)54)55(43,35-21-9-3-10-22-35)36-23-11-4-12-24-36/h1-32H. The van der Waals surface area contributed by atoms with Gasteiger partial charge in [-0.25, -0.2) is 0 Å². The van der Waals surface area contributed by atoms with Crippen molar-refractivity contribution in [1.29, 1.82) is 0 Å². The molecule has 3 aliphatic heterocycles. The fraction of sp³-hybridized carbons (Fsp3) is 0. The van der Waals surface area contributed by atoms with Crippen molar-refractivity contribution in [1.82, 2.24) is 9.13 Å². The first-order chi connectivity index (χ1) is 27.4. The first-order valence-electron chi connectivity index (χ1n) is 19.2. The van der Waals surface area contributed by atoms with E-state index in [-0.39, 0.29) is 6.71 Å². The molecule has 0 amide bonds. The largest absolute Gasteiger partial charge is 0.319 e. The molecule has 0 radical (unpaired) electrons. The Morgan fingerprint density at radius 2 is 0.982 bits per heavy atom. The number of benzene rings is 8. The Hall–Kier alpha value is -6.82. The Kier molecular flexibility index (Phi) is 5.74. The molecular formula is C50H32BN3Si. The van der Waals surface area contributed by atoms with Crippen LogP contribution in [0.25, 0.3) is 44.1 Å². The average Bonchev–Trinajstić information content (AvgIpc) is 3.79. The molecular weight excluding hydrogens is 681 g/mol. The zero-order valence-corrected chi connectivity index (χ0v) is 30.9. The molecule has 55 heavy (non-hydrogen) atoms. The number of para-hydroxylation sites is 5. The molecule has 13 rings (SSSR count). The van der Waals surface area contributed by atoms with Crippen molar-refractivity contribution >= 4 is 102 Å². The molecule has 254 valence electrons. The molecule has 0 bridgehead atoms. The molecule has 0 spiro atoms. The molecule has 0 fully saturated rings. The van der Waals surface area contributed by atoms with E-state index in [2.05, 4.69) is 208 Å². The van der Waals surface area contributed by atoms with Gasteiger partial charge in [0.15, 0.2) is 8.07 Å². The summed E-state index contributed by atoms with van der Waals surface area (Å²) in [6.07, 6.45) is 0. The molecule has 10 aromatic rings. The molecule has 0 atom stereocenters. The van der Waals surface area contributed by atoms with Gasteiger partial charge in [-0.2, -0.15) is 0 Å². The molecule has 0 aliphatic carbocycles. The van der Waals surface area contributed by atoms with Crippen molar-refractivity contribution in [2.75, 3.05) is 4.90 Å². The molecule has 3 nitrogen and oxygen atoms in total. The van der Waals surface area contributed by atoms with Crippen LogP contribution in [0.3, 0.4) is 0 Å². The summed E-state index contributed by atoms with van der Waals surface area (Å²) in [4.78, 5) is 2.55. The summed E-state index contributed by atoms with van der Waals surface area (Å²) < 4.78 is 5.26. The van der Waals surface area contributed by atoms with Gasteiger partial charge in [-0.1, -0.05) is 158 Å². The zero-order chi connectivity index (χ0) is 35.8. The predicted octanol–water partition coefficient (Wildman–Crippen LogP) is 7.03. The van der Waals surface area contributed by atoms with Crippen molar-refractivity contribution in [3.8, 4) is 11.4 Å². The van der Waals surface area contributed by atoms with Crippen molar-refractivity contribution in [3.63, 3.8) is 0 Å². The number of hydrogen-bond donors (Lipinski definition) is 0. The fourth-order valence-electron chi connectivity index (χ4n) is 10.8. The monoisotopic (exact) mass is 713 g/mol. The van der Waals surface area contributed by atoms with Crippen molar-refractivity contribution < 1.29 is 0 Å². The number of nitrogens with zero attached hydrogens (tertiary/aromatic N) is 3. The number of hydrogen-bond acceptors (Lipinski definition) is 1. The third-order valence-corrected chi connectivity index (χ3v) is 17.6. The van der Waals surface area contributed by atoms with E-state index in [9.17, 15) is 0 Å². The van der Waals surface area contributed by atoms with Gasteiger partial charge in [-0.3, -0.25) is 0 Å². The van der Waals surface area contributed by atoms with Gasteiger partial charge in [0.05, 0.1) is 22.2 Å². The average molecular weight is 714 g/mol. The van der Waals surface area contributed by atoms with Crippen molar-refractivity contribution in [2.24, 2.45) is 0 Å². The topological polar surface area (TPSA) is 13.1 Å². The van der Waals surface area contributed by atoms with Gasteiger partial charge in [0.2, 0.25) is 0 Å². The van der Waals surface area contributed by atoms with E-state index in [1.54, 1.807) is 0 Å². The maximum atomic E-state index is 2.70. The van der Waals surface area contributed by atoms with E-state index in [0.717, 1.165) is 0 Å². The summed E-state index contributed by atoms with van der Waals surface area (Å²) in [7, 11) is -2.81. The molecule has 5 heterocycles. The highest BCUT2D eigenvalue weighted by atomic mass is 28.3. The minimum Gasteiger partial charge on any atom is -0.319 e. The van der Waals surface area contributed by atoms with Crippen LogP contribution in [0, 0.1) is 0 Å². The van der Waals surface area contributed by atoms with Gasteiger partial charge in [0.1, 0.15) is 0 Å². The lowest BCUT2D eigenvalue weighted by Gasteiger charge is -2.44. The van der Waals surface area contributed by atoms with Crippen LogP contribution in [-0.4, -0.2) is 23.9 Å². The summed E-state index contributed by atoms with van der Waals surface area (Å²) in [6.45, 7) is -0.00664. The Labute approximate surface area is 320 Å². The van der Waals surface area contributed by atoms with E-state index < -0.39 is 8.07 Å². The normalized spacial score (nSPS) is 14.3. The third-order valence-electron chi connectivity index (χ3n) is 12.7. The Balaban J connectivity index is 1.28. The van der Waals surface area contributed by atoms with Gasteiger partial charge < -0.3 is 14.0 Å². The highest BCUT2D eigenvalue weighted by Crippen LogP contribution is 2.46. The second-order valence-electron chi connectivity index (χ2n) is 15.2. The summed E-state index contributed by atoms with van der Waals surface area (Å²) in [6, 6.07) is 73.1. The smallest absolute Gasteiger partial charge is 0.273 e. The molecule has 5 heteroatoms. The van der Waals surface area contributed by atoms with Crippen LogP contribution in [0.15, 0.2) is 194 Å². The quantitative estimate of drug-likeness (QED) is 0.179. The van der Waals surface area contributed by atoms with Gasteiger partial charge in [-0.15, -0.1) is 0 Å². The second-order valence-corrected chi connectivity index (χ2v) is 18.9. The molecule has 0 N–H and O–H groups in total. The minimum atomic E-state index is -2.81. The van der Waals surface area contributed by atoms with E-state index >= 15 is 0 Å².